The molecule has 0 saturated heterocycles. The Balaban J connectivity index is 2.50. The molecule has 0 spiro atoms. The van der Waals surface area contributed by atoms with Crippen LogP contribution in [-0.4, -0.2) is 21.0 Å². The molecule has 0 amide bonds. The number of aromatic carboxylic acids is 1. The van der Waals surface area contributed by atoms with Gasteiger partial charge in [-0.05, 0) is 12.1 Å². The van der Waals surface area contributed by atoms with E-state index in [1.54, 1.807) is 0 Å². The Morgan fingerprint density at radius 3 is 2.54 bits per heavy atom. The van der Waals surface area contributed by atoms with Gasteiger partial charge in [0.25, 0.3) is 5.69 Å². The van der Waals surface area contributed by atoms with Crippen LogP contribution in [0.2, 0.25) is 5.02 Å². The average molecular weight is 363 g/mol. The summed E-state index contributed by atoms with van der Waals surface area (Å²) in [6.07, 6.45) is -3.90. The maximum atomic E-state index is 13.0. The van der Waals surface area contributed by atoms with Crippen molar-refractivity contribution < 1.29 is 32.7 Å². The number of benzene rings is 1. The first-order valence-electron chi connectivity index (χ1n) is 6.02. The molecule has 1 heterocycles. The first-order valence-corrected chi connectivity index (χ1v) is 6.40. The molecule has 0 atom stereocenters. The van der Waals surface area contributed by atoms with E-state index in [0.29, 0.717) is 0 Å². The summed E-state index contributed by atoms with van der Waals surface area (Å²) in [7, 11) is 0. The molecule has 11 heteroatoms. The number of carboxylic acids is 1. The van der Waals surface area contributed by atoms with Crippen LogP contribution in [0.25, 0.3) is 0 Å². The maximum absolute atomic E-state index is 13.0. The lowest BCUT2D eigenvalue weighted by molar-refractivity contribution is -0.385. The van der Waals surface area contributed by atoms with Crippen molar-refractivity contribution in [3.8, 4) is 11.6 Å². The number of alkyl halides is 3. The SMILES string of the molecule is O=C(O)c1cc(Oc2nccc(Cl)c2C(F)(F)F)ccc1[N+](=O)[O-]. The first kappa shape index (κ1) is 17.5. The highest BCUT2D eigenvalue weighted by Crippen LogP contribution is 2.41. The number of hydrogen-bond donors (Lipinski definition) is 1. The quantitative estimate of drug-likeness (QED) is 0.647. The van der Waals surface area contributed by atoms with Gasteiger partial charge >= 0.3 is 12.1 Å². The molecule has 24 heavy (non-hydrogen) atoms. The highest BCUT2D eigenvalue weighted by Gasteiger charge is 2.38. The minimum absolute atomic E-state index is 0.377. The van der Waals surface area contributed by atoms with Crippen molar-refractivity contribution in [3.05, 3.63) is 56.7 Å². The summed E-state index contributed by atoms with van der Waals surface area (Å²) in [4.78, 5) is 24.3. The largest absolute Gasteiger partial charge is 0.477 e. The van der Waals surface area contributed by atoms with Crippen LogP contribution in [0, 0.1) is 10.1 Å². The number of rotatable bonds is 4. The molecule has 0 aliphatic rings. The molecule has 2 aromatic rings. The second kappa shape index (κ2) is 6.32. The van der Waals surface area contributed by atoms with Crippen LogP contribution in [0.15, 0.2) is 30.5 Å². The Morgan fingerprint density at radius 1 is 1.33 bits per heavy atom. The number of ether oxygens (including phenoxy) is 1. The molecule has 1 N–H and O–H groups in total. The summed E-state index contributed by atoms with van der Waals surface area (Å²) < 4.78 is 43.9. The van der Waals surface area contributed by atoms with Crippen molar-refractivity contribution in [2.24, 2.45) is 0 Å². The van der Waals surface area contributed by atoms with Crippen molar-refractivity contribution >= 4 is 23.3 Å². The van der Waals surface area contributed by atoms with Gasteiger partial charge in [0.05, 0.1) is 9.95 Å². The highest BCUT2D eigenvalue weighted by atomic mass is 35.5. The molecule has 0 bridgehead atoms. The second-order valence-corrected chi connectivity index (χ2v) is 4.72. The van der Waals surface area contributed by atoms with Crippen LogP contribution in [0.3, 0.4) is 0 Å². The lowest BCUT2D eigenvalue weighted by Gasteiger charge is -2.14. The van der Waals surface area contributed by atoms with Crippen LogP contribution in [0.4, 0.5) is 18.9 Å². The van der Waals surface area contributed by atoms with Gasteiger partial charge in [-0.1, -0.05) is 11.6 Å². The van der Waals surface area contributed by atoms with E-state index in [1.165, 1.54) is 0 Å². The minimum Gasteiger partial charge on any atom is -0.477 e. The number of aromatic nitrogens is 1. The van der Waals surface area contributed by atoms with Gasteiger partial charge in [0, 0.05) is 18.3 Å². The number of carbonyl (C=O) groups is 1. The number of nitro benzene ring substituents is 1. The van der Waals surface area contributed by atoms with Gasteiger partial charge < -0.3 is 9.84 Å². The summed E-state index contributed by atoms with van der Waals surface area (Å²) in [5, 5.41) is 19.0. The lowest BCUT2D eigenvalue weighted by atomic mass is 10.1. The predicted octanol–water partition coefficient (Wildman–Crippen LogP) is 4.15. The molecular weight excluding hydrogens is 357 g/mol. The molecule has 0 saturated carbocycles. The third-order valence-electron chi connectivity index (χ3n) is 2.76. The standard InChI is InChI=1S/C13H6ClF3N2O5/c14-8-3-4-18-11(10(8)13(15,16)17)24-6-1-2-9(19(22)23)7(5-6)12(20)21/h1-5H,(H,20,21). The molecule has 0 aliphatic carbocycles. The molecule has 0 aliphatic heterocycles. The molecule has 1 aromatic heterocycles. The molecule has 0 fully saturated rings. The van der Waals surface area contributed by atoms with E-state index in [2.05, 4.69) is 4.98 Å². The molecule has 0 unspecified atom stereocenters. The van der Waals surface area contributed by atoms with Crippen molar-refractivity contribution in [2.45, 2.75) is 6.18 Å². The zero-order valence-electron chi connectivity index (χ0n) is 11.4. The Morgan fingerprint density at radius 2 is 2.00 bits per heavy atom. The molecule has 0 radical (unpaired) electrons. The molecular formula is C13H6ClF3N2O5. The number of nitro groups is 1. The van der Waals surface area contributed by atoms with Crippen LogP contribution >= 0.6 is 11.6 Å². The van der Waals surface area contributed by atoms with Crippen LogP contribution in [0.1, 0.15) is 15.9 Å². The molecule has 1 aromatic carbocycles. The van der Waals surface area contributed by atoms with E-state index in [0.717, 1.165) is 30.5 Å². The van der Waals surface area contributed by atoms with E-state index in [-0.39, 0.29) is 5.75 Å². The van der Waals surface area contributed by atoms with E-state index < -0.39 is 44.8 Å². The van der Waals surface area contributed by atoms with Crippen LogP contribution in [0.5, 0.6) is 11.6 Å². The maximum Gasteiger partial charge on any atom is 0.423 e. The minimum atomic E-state index is -4.86. The van der Waals surface area contributed by atoms with Gasteiger partial charge in [0.1, 0.15) is 16.9 Å². The van der Waals surface area contributed by atoms with E-state index >= 15 is 0 Å². The summed E-state index contributed by atoms with van der Waals surface area (Å²) >= 11 is 5.51. The highest BCUT2D eigenvalue weighted by molar-refractivity contribution is 6.31. The third kappa shape index (κ3) is 3.54. The van der Waals surface area contributed by atoms with Gasteiger partial charge in [-0.15, -0.1) is 0 Å². The zero-order valence-corrected chi connectivity index (χ0v) is 12.1. The Bertz CT molecular complexity index is 826. The average Bonchev–Trinajstić information content (AvgIpc) is 2.45. The molecule has 2 rings (SSSR count). The molecule has 126 valence electrons. The normalized spacial score (nSPS) is 11.2. The van der Waals surface area contributed by atoms with Gasteiger partial charge in [-0.3, -0.25) is 10.1 Å². The van der Waals surface area contributed by atoms with Crippen molar-refractivity contribution in [3.63, 3.8) is 0 Å². The Labute approximate surface area is 136 Å². The topological polar surface area (TPSA) is 103 Å². The van der Waals surface area contributed by atoms with Crippen LogP contribution < -0.4 is 4.74 Å². The molecule has 7 nitrogen and oxygen atoms in total. The number of hydrogen-bond acceptors (Lipinski definition) is 5. The smallest absolute Gasteiger partial charge is 0.423 e. The van der Waals surface area contributed by atoms with Gasteiger partial charge in [-0.25, -0.2) is 9.78 Å². The second-order valence-electron chi connectivity index (χ2n) is 4.31. The summed E-state index contributed by atoms with van der Waals surface area (Å²) in [6, 6.07) is 3.39. The van der Waals surface area contributed by atoms with Crippen molar-refractivity contribution in [1.29, 1.82) is 0 Å². The monoisotopic (exact) mass is 362 g/mol. The summed E-state index contributed by atoms with van der Waals surface area (Å²) in [6.45, 7) is 0. The third-order valence-corrected chi connectivity index (χ3v) is 3.07. The number of halogens is 4. The van der Waals surface area contributed by atoms with Crippen molar-refractivity contribution in [2.75, 3.05) is 0 Å². The Hall–Kier alpha value is -2.88. The number of carboxylic acid groups (broad SMARTS) is 1. The number of nitrogens with zero attached hydrogens (tertiary/aromatic N) is 2. The predicted molar refractivity (Wildman–Crippen MR) is 74.4 cm³/mol. The lowest BCUT2D eigenvalue weighted by Crippen LogP contribution is -2.09. The van der Waals surface area contributed by atoms with Crippen LogP contribution in [-0.2, 0) is 6.18 Å². The summed E-state index contributed by atoms with van der Waals surface area (Å²) in [5.74, 6) is -2.92. The first-order chi connectivity index (χ1) is 11.1. The fourth-order valence-corrected chi connectivity index (χ4v) is 2.02. The van der Waals surface area contributed by atoms with E-state index in [1.807, 2.05) is 0 Å². The Kier molecular flexibility index (Phi) is 4.60. The number of pyridine rings is 1. The van der Waals surface area contributed by atoms with Crippen molar-refractivity contribution in [1.82, 2.24) is 4.98 Å². The van der Waals surface area contributed by atoms with Gasteiger partial charge in [0.2, 0.25) is 5.88 Å². The zero-order chi connectivity index (χ0) is 18.1. The van der Waals surface area contributed by atoms with E-state index in [4.69, 9.17) is 21.4 Å². The van der Waals surface area contributed by atoms with Gasteiger partial charge in [0.15, 0.2) is 0 Å². The fraction of sp³-hybridized carbons (Fsp3) is 0.0769. The van der Waals surface area contributed by atoms with E-state index in [9.17, 15) is 28.1 Å². The van der Waals surface area contributed by atoms with Gasteiger partial charge in [-0.2, -0.15) is 13.2 Å². The summed E-state index contributed by atoms with van der Waals surface area (Å²) in [5.41, 5.74) is -2.82. The fourth-order valence-electron chi connectivity index (χ4n) is 1.78.